The van der Waals surface area contributed by atoms with E-state index in [-0.39, 0.29) is 41.3 Å². The zero-order chi connectivity index (χ0) is 18.6. The van der Waals surface area contributed by atoms with Crippen LogP contribution in [-0.2, 0) is 28.7 Å². The largest absolute Gasteiger partial charge is 0.465 e. The number of carbonyl (C=O) groups is 4. The molecule has 25 heavy (non-hydrogen) atoms. The summed E-state index contributed by atoms with van der Waals surface area (Å²) in [5.41, 5.74) is -0.810. The summed E-state index contributed by atoms with van der Waals surface area (Å²) in [6.45, 7) is 3.58. The van der Waals surface area contributed by atoms with Gasteiger partial charge in [-0.1, -0.05) is 6.92 Å². The lowest BCUT2D eigenvalue weighted by Crippen LogP contribution is -2.54. The lowest BCUT2D eigenvalue weighted by atomic mass is 9.56. The second-order valence-corrected chi connectivity index (χ2v) is 7.74. The maximum Gasteiger partial charge on any atom is 0.309 e. The Bertz CT molecular complexity index is 629. The molecule has 3 saturated carbocycles. The molecule has 7 nitrogen and oxygen atoms in total. The van der Waals surface area contributed by atoms with Crippen LogP contribution in [0.25, 0.3) is 0 Å². The van der Waals surface area contributed by atoms with Gasteiger partial charge in [-0.2, -0.15) is 0 Å². The summed E-state index contributed by atoms with van der Waals surface area (Å²) in [4.78, 5) is 48.1. The van der Waals surface area contributed by atoms with E-state index in [1.807, 2.05) is 6.92 Å². The monoisotopic (exact) mass is 352 g/mol. The second-order valence-electron chi connectivity index (χ2n) is 7.74. The Morgan fingerprint density at radius 2 is 2.04 bits per heavy atom. The maximum atomic E-state index is 13.1. The van der Waals surface area contributed by atoms with E-state index in [2.05, 4.69) is 0 Å². The molecule has 7 atom stereocenters. The molecule has 1 saturated heterocycles. The molecule has 0 aromatic heterocycles. The second kappa shape index (κ2) is 5.90. The molecule has 7 heteroatoms. The van der Waals surface area contributed by atoms with Crippen LogP contribution in [0.1, 0.15) is 33.1 Å². The predicted molar refractivity (Wildman–Crippen MR) is 84.1 cm³/mol. The molecule has 3 aliphatic carbocycles. The minimum absolute atomic E-state index is 0.111. The van der Waals surface area contributed by atoms with Crippen LogP contribution in [0.15, 0.2) is 0 Å². The summed E-state index contributed by atoms with van der Waals surface area (Å²) in [7, 11) is 1.00. The van der Waals surface area contributed by atoms with Gasteiger partial charge in [-0.05, 0) is 24.2 Å². The Balaban J connectivity index is 0.000000880. The fourth-order valence-electron chi connectivity index (χ4n) is 6.01. The molecule has 0 bridgehead atoms. The van der Waals surface area contributed by atoms with E-state index in [1.54, 1.807) is 0 Å². The first-order chi connectivity index (χ1) is 11.9. The number of aliphatic hydroxyl groups is 1. The molecule has 1 N–H and O–H groups in total. The summed E-state index contributed by atoms with van der Waals surface area (Å²) >= 11 is 0. The van der Waals surface area contributed by atoms with Gasteiger partial charge in [0.1, 0.15) is 6.29 Å². The van der Waals surface area contributed by atoms with Crippen LogP contribution in [0.5, 0.6) is 0 Å². The quantitative estimate of drug-likeness (QED) is 0.570. The van der Waals surface area contributed by atoms with Crippen molar-refractivity contribution in [2.24, 2.45) is 34.5 Å². The van der Waals surface area contributed by atoms with Gasteiger partial charge in [-0.3, -0.25) is 14.4 Å². The summed E-state index contributed by atoms with van der Waals surface area (Å²) < 4.78 is 10.3. The van der Waals surface area contributed by atoms with Crippen molar-refractivity contribution in [1.82, 2.24) is 0 Å². The topological polar surface area (TPSA) is 107 Å². The van der Waals surface area contributed by atoms with Crippen molar-refractivity contribution in [3.63, 3.8) is 0 Å². The Hall–Kier alpha value is -1.76. The summed E-state index contributed by atoms with van der Waals surface area (Å²) in [5.74, 6) is -1.66. The molecule has 2 unspecified atom stereocenters. The van der Waals surface area contributed by atoms with Crippen molar-refractivity contribution < 1.29 is 33.8 Å². The van der Waals surface area contributed by atoms with Gasteiger partial charge in [0, 0.05) is 37.7 Å². The first-order valence-electron chi connectivity index (χ1n) is 8.64. The van der Waals surface area contributed by atoms with Gasteiger partial charge in [-0.15, -0.1) is 0 Å². The average Bonchev–Trinajstić information content (AvgIpc) is 3.12. The Morgan fingerprint density at radius 3 is 2.64 bits per heavy atom. The number of cyclic esters (lactones) is 1. The first kappa shape index (κ1) is 18.0. The third kappa shape index (κ3) is 2.21. The minimum atomic E-state index is -0.868. The molecule has 0 aromatic rings. The van der Waals surface area contributed by atoms with Crippen LogP contribution in [0, 0.1) is 34.5 Å². The van der Waals surface area contributed by atoms with E-state index in [1.165, 1.54) is 6.92 Å². The van der Waals surface area contributed by atoms with Crippen molar-refractivity contribution in [3.05, 3.63) is 0 Å². The highest BCUT2D eigenvalue weighted by Gasteiger charge is 2.83. The van der Waals surface area contributed by atoms with Gasteiger partial charge >= 0.3 is 11.9 Å². The molecular weight excluding hydrogens is 328 g/mol. The van der Waals surface area contributed by atoms with Crippen molar-refractivity contribution in [3.8, 4) is 0 Å². The molecule has 138 valence electrons. The van der Waals surface area contributed by atoms with E-state index in [0.717, 1.165) is 13.4 Å². The number of esters is 2. The number of carbonyl (C=O) groups excluding carboxylic acids is 4. The van der Waals surface area contributed by atoms with E-state index in [4.69, 9.17) is 14.6 Å². The number of hydrogen-bond acceptors (Lipinski definition) is 7. The van der Waals surface area contributed by atoms with Crippen molar-refractivity contribution >= 4 is 24.0 Å². The molecule has 0 amide bonds. The van der Waals surface area contributed by atoms with Crippen molar-refractivity contribution in [2.75, 3.05) is 13.7 Å². The summed E-state index contributed by atoms with van der Waals surface area (Å²) in [6, 6.07) is 0. The van der Waals surface area contributed by atoms with Gasteiger partial charge in [0.25, 0.3) is 0 Å². The molecule has 1 heterocycles. The number of aliphatic hydroxyl groups excluding tert-OH is 1. The lowest BCUT2D eigenvalue weighted by Gasteiger charge is -2.47. The van der Waals surface area contributed by atoms with Gasteiger partial charge in [-0.25, -0.2) is 0 Å². The number of rotatable bonds is 2. The molecule has 4 aliphatic rings. The fraction of sp³-hybridized carbons (Fsp3) is 0.778. The van der Waals surface area contributed by atoms with Crippen LogP contribution in [0.3, 0.4) is 0 Å². The van der Waals surface area contributed by atoms with Crippen LogP contribution < -0.4 is 0 Å². The Labute approximate surface area is 146 Å². The van der Waals surface area contributed by atoms with Crippen molar-refractivity contribution in [1.29, 1.82) is 0 Å². The zero-order valence-electron chi connectivity index (χ0n) is 14.7. The molecule has 0 aromatic carbocycles. The Kier molecular flexibility index (Phi) is 4.26. The number of fused-ring (bicyclic) bond motifs is 2. The molecule has 1 aliphatic heterocycles. The SMILES string of the molecule is CC(=O)O[C@H]1C[C@@H](C=O)[C@]2(C)CC3C4C(=O)OCC[C@@]34[C@H]2C1=O.CO. The van der Waals surface area contributed by atoms with E-state index in [9.17, 15) is 19.2 Å². The molecule has 4 rings (SSSR count). The van der Waals surface area contributed by atoms with Crippen LogP contribution in [-0.4, -0.2) is 48.9 Å². The smallest absolute Gasteiger partial charge is 0.309 e. The average molecular weight is 352 g/mol. The third-order valence-corrected chi connectivity index (χ3v) is 6.84. The Morgan fingerprint density at radius 1 is 1.36 bits per heavy atom. The predicted octanol–water partition coefficient (Wildman–Crippen LogP) is 0.520. The maximum absolute atomic E-state index is 13.1. The summed E-state index contributed by atoms with van der Waals surface area (Å²) in [5, 5.41) is 7.00. The third-order valence-electron chi connectivity index (χ3n) is 6.84. The van der Waals surface area contributed by atoms with Gasteiger partial charge in [0.2, 0.25) is 0 Å². The lowest BCUT2D eigenvalue weighted by molar-refractivity contribution is -0.170. The number of hydrogen-bond donors (Lipinski definition) is 1. The minimum Gasteiger partial charge on any atom is -0.465 e. The number of Topliss-reactive ketones (excluding diaryl/α,β-unsaturated/α-hetero) is 1. The molecule has 4 fully saturated rings. The standard InChI is InChI=1S/C17H20O6.CH4O/c1-8(19)23-11-5-9(7-18)16(2)6-10-12-15(21)22-4-3-17(10,12)14(16)13(11)20;1-2/h7,9-12,14H,3-6H2,1-2H3;2H,1H3/t9-,10?,11-,12?,14-,16-,17+;/m0./s1. The van der Waals surface area contributed by atoms with Gasteiger partial charge in [0.05, 0.1) is 12.5 Å². The van der Waals surface area contributed by atoms with E-state index < -0.39 is 23.4 Å². The van der Waals surface area contributed by atoms with Crippen LogP contribution in [0.4, 0.5) is 0 Å². The van der Waals surface area contributed by atoms with Crippen molar-refractivity contribution in [2.45, 2.75) is 39.2 Å². The highest BCUT2D eigenvalue weighted by atomic mass is 16.5. The highest BCUT2D eigenvalue weighted by molar-refractivity contribution is 5.94. The van der Waals surface area contributed by atoms with E-state index >= 15 is 0 Å². The number of ether oxygens (including phenoxy) is 2. The molecule has 0 radical (unpaired) electrons. The molecule has 1 spiro atoms. The van der Waals surface area contributed by atoms with Gasteiger partial charge < -0.3 is 19.4 Å². The fourth-order valence-corrected chi connectivity index (χ4v) is 6.01. The normalized spacial score (nSPS) is 46.5. The summed E-state index contributed by atoms with van der Waals surface area (Å²) in [6.07, 6.45) is 1.64. The van der Waals surface area contributed by atoms with Crippen LogP contribution in [0.2, 0.25) is 0 Å². The van der Waals surface area contributed by atoms with Crippen LogP contribution >= 0.6 is 0 Å². The van der Waals surface area contributed by atoms with E-state index in [0.29, 0.717) is 19.4 Å². The zero-order valence-corrected chi connectivity index (χ0v) is 14.7. The van der Waals surface area contributed by atoms with Gasteiger partial charge in [0.15, 0.2) is 11.9 Å². The number of aldehydes is 1. The number of ketones is 1. The highest BCUT2D eigenvalue weighted by Crippen LogP contribution is 2.81. The molecular formula is C18H24O7. The first-order valence-corrected chi connectivity index (χ1v) is 8.64.